The van der Waals surface area contributed by atoms with Crippen LogP contribution in [0, 0.1) is 0 Å². The summed E-state index contributed by atoms with van der Waals surface area (Å²) in [5.41, 5.74) is 5.16. The molecule has 1 fully saturated rings. The monoisotopic (exact) mass is 675 g/mol. The summed E-state index contributed by atoms with van der Waals surface area (Å²) in [5.74, 6) is 0.00534. The summed E-state index contributed by atoms with van der Waals surface area (Å²) in [5, 5.41) is 20.8. The molecule has 3 N–H and O–H groups in total. The molecule has 0 spiro atoms. The molecular formula is C40H57N3O6. The van der Waals surface area contributed by atoms with Gasteiger partial charge in [0.2, 0.25) is 5.91 Å². The average Bonchev–Trinajstić information content (AvgIpc) is 3.10. The maximum Gasteiger partial charge on any atom is 0.409 e. The molecule has 0 saturated carbocycles. The van der Waals surface area contributed by atoms with Crippen molar-refractivity contribution >= 4 is 17.7 Å². The number of aliphatic hydroxyl groups is 1. The molecule has 2 amide bonds. The lowest BCUT2D eigenvalue weighted by molar-refractivity contribution is -0.141. The lowest BCUT2D eigenvalue weighted by atomic mass is 10.0. The second kappa shape index (κ2) is 23.6. The van der Waals surface area contributed by atoms with Crippen LogP contribution in [-0.4, -0.2) is 91.4 Å². The Hall–Kier alpha value is -3.76. The molecule has 1 unspecified atom stereocenters. The zero-order valence-electron chi connectivity index (χ0n) is 29.5. The van der Waals surface area contributed by atoms with E-state index >= 15 is 0 Å². The highest BCUT2D eigenvalue weighted by atomic mass is 16.6. The highest BCUT2D eigenvalue weighted by Crippen LogP contribution is 2.27. The molecule has 9 nitrogen and oxygen atoms in total. The van der Waals surface area contributed by atoms with Crippen LogP contribution in [0.5, 0.6) is 0 Å². The van der Waals surface area contributed by atoms with Gasteiger partial charge in [-0.05, 0) is 68.0 Å². The first-order valence-electron chi connectivity index (χ1n) is 17.9. The smallest absolute Gasteiger partial charge is 0.409 e. The van der Waals surface area contributed by atoms with Gasteiger partial charge in [-0.25, -0.2) is 4.79 Å². The number of carbonyl (C=O) groups is 2. The molecule has 1 heterocycles. The van der Waals surface area contributed by atoms with Crippen LogP contribution < -0.4 is 5.32 Å². The molecule has 0 aliphatic carbocycles. The molecule has 0 bridgehead atoms. The van der Waals surface area contributed by atoms with Crippen molar-refractivity contribution in [2.75, 3.05) is 58.4 Å². The molecule has 1 aliphatic rings. The Morgan fingerprint density at radius 1 is 0.878 bits per heavy atom. The van der Waals surface area contributed by atoms with E-state index in [-0.39, 0.29) is 12.5 Å². The SMILES string of the molecule is CCCCN(CC(O)OC)C(=O)CCOCCc1cccc(CCN2CCCCCCC2)c1.O=C(O)Nc1ccccc1-c1ccccc1. The zero-order valence-corrected chi connectivity index (χ0v) is 29.5. The van der Waals surface area contributed by atoms with E-state index in [2.05, 4.69) is 41.4 Å². The third-order valence-electron chi connectivity index (χ3n) is 8.69. The Morgan fingerprint density at radius 3 is 2.24 bits per heavy atom. The van der Waals surface area contributed by atoms with Crippen molar-refractivity contribution in [3.63, 3.8) is 0 Å². The van der Waals surface area contributed by atoms with E-state index in [4.69, 9.17) is 14.6 Å². The number of likely N-dealkylation sites (tertiary alicyclic amines) is 1. The van der Waals surface area contributed by atoms with E-state index in [9.17, 15) is 14.7 Å². The number of unbranched alkanes of at least 4 members (excludes halogenated alkanes) is 1. The molecule has 1 saturated heterocycles. The number of amides is 2. The van der Waals surface area contributed by atoms with Crippen LogP contribution in [0.15, 0.2) is 78.9 Å². The molecule has 49 heavy (non-hydrogen) atoms. The van der Waals surface area contributed by atoms with Crippen molar-refractivity contribution in [1.29, 1.82) is 0 Å². The minimum Gasteiger partial charge on any atom is -0.465 e. The number of para-hydroxylation sites is 1. The van der Waals surface area contributed by atoms with Gasteiger partial charge in [0.25, 0.3) is 0 Å². The molecule has 268 valence electrons. The largest absolute Gasteiger partial charge is 0.465 e. The van der Waals surface area contributed by atoms with Crippen molar-refractivity contribution in [2.24, 2.45) is 0 Å². The number of hydrogen-bond donors (Lipinski definition) is 3. The first-order chi connectivity index (χ1) is 23.9. The van der Waals surface area contributed by atoms with E-state index in [0.29, 0.717) is 31.9 Å². The van der Waals surface area contributed by atoms with Gasteiger partial charge in [-0.3, -0.25) is 10.1 Å². The molecule has 3 aromatic carbocycles. The number of rotatable bonds is 17. The predicted molar refractivity (Wildman–Crippen MR) is 197 cm³/mol. The van der Waals surface area contributed by atoms with E-state index in [1.165, 1.54) is 63.4 Å². The first-order valence-corrected chi connectivity index (χ1v) is 17.9. The Kier molecular flexibility index (Phi) is 19.1. The Morgan fingerprint density at radius 2 is 1.55 bits per heavy atom. The second-order valence-corrected chi connectivity index (χ2v) is 12.5. The summed E-state index contributed by atoms with van der Waals surface area (Å²) in [4.78, 5) is 27.4. The molecule has 9 heteroatoms. The standard InChI is InChI=1S/C27H46N2O4.C13H11NO2/c1-3-4-18-29(23-27(31)32-2)26(30)15-21-33-20-14-25-12-10-11-24(22-25)13-19-28-16-8-6-5-7-9-17-28;15-13(16)14-12-9-5-4-8-11(12)10-6-2-1-3-7-10/h10-12,22,27,31H,3-9,13-21,23H2,1-2H3;1-9,14H,(H,15,16). The molecule has 0 aromatic heterocycles. The molecule has 1 aliphatic heterocycles. The molecular weight excluding hydrogens is 618 g/mol. The number of nitrogens with one attached hydrogen (secondary N) is 1. The van der Waals surface area contributed by atoms with Gasteiger partial charge in [0.05, 0.1) is 31.9 Å². The van der Waals surface area contributed by atoms with Gasteiger partial charge in [0.15, 0.2) is 6.29 Å². The van der Waals surface area contributed by atoms with Crippen LogP contribution in [-0.2, 0) is 27.1 Å². The quantitative estimate of drug-likeness (QED) is 0.101. The Balaban J connectivity index is 0.000000337. The van der Waals surface area contributed by atoms with Gasteiger partial charge in [-0.15, -0.1) is 0 Å². The highest BCUT2D eigenvalue weighted by molar-refractivity contribution is 5.90. The van der Waals surface area contributed by atoms with Crippen LogP contribution >= 0.6 is 0 Å². The molecule has 1 atom stereocenters. The number of hydrogen-bond acceptors (Lipinski definition) is 6. The molecule has 4 rings (SSSR count). The summed E-state index contributed by atoms with van der Waals surface area (Å²) in [7, 11) is 1.45. The Labute approximate surface area is 293 Å². The van der Waals surface area contributed by atoms with E-state index < -0.39 is 12.4 Å². The summed E-state index contributed by atoms with van der Waals surface area (Å²) >= 11 is 0. The second-order valence-electron chi connectivity index (χ2n) is 12.5. The lowest BCUT2D eigenvalue weighted by Gasteiger charge is -2.24. The van der Waals surface area contributed by atoms with Gasteiger partial charge in [-0.1, -0.05) is 105 Å². The van der Waals surface area contributed by atoms with Crippen LogP contribution in [0.4, 0.5) is 10.5 Å². The van der Waals surface area contributed by atoms with E-state index in [0.717, 1.165) is 43.4 Å². The number of nitrogens with zero attached hydrogens (tertiary/aromatic N) is 2. The molecule has 3 aromatic rings. The maximum atomic E-state index is 12.5. The lowest BCUT2D eigenvalue weighted by Crippen LogP contribution is -2.39. The summed E-state index contributed by atoms with van der Waals surface area (Å²) < 4.78 is 10.7. The van der Waals surface area contributed by atoms with Crippen molar-refractivity contribution in [1.82, 2.24) is 9.80 Å². The summed E-state index contributed by atoms with van der Waals surface area (Å²) in [6.07, 6.45) is 9.04. The normalized spacial score (nSPS) is 14.1. The fourth-order valence-corrected chi connectivity index (χ4v) is 5.88. The number of anilines is 1. The van der Waals surface area contributed by atoms with Crippen molar-refractivity contribution < 1.29 is 29.3 Å². The number of ether oxygens (including phenoxy) is 2. The van der Waals surface area contributed by atoms with Crippen LogP contribution in [0.1, 0.15) is 69.4 Å². The van der Waals surface area contributed by atoms with Gasteiger partial charge < -0.3 is 29.5 Å². The number of carboxylic acid groups (broad SMARTS) is 1. The van der Waals surface area contributed by atoms with E-state index in [1.807, 2.05) is 42.5 Å². The summed E-state index contributed by atoms with van der Waals surface area (Å²) in [6, 6.07) is 25.8. The molecule has 0 radical (unpaired) electrons. The zero-order chi connectivity index (χ0) is 35.1. The van der Waals surface area contributed by atoms with Gasteiger partial charge in [0.1, 0.15) is 0 Å². The fourth-order valence-electron chi connectivity index (χ4n) is 5.88. The topological polar surface area (TPSA) is 112 Å². The number of carbonyl (C=O) groups excluding carboxylic acids is 1. The predicted octanol–water partition coefficient (Wildman–Crippen LogP) is 7.48. The summed E-state index contributed by atoms with van der Waals surface area (Å²) in [6.45, 7) is 7.58. The third-order valence-corrected chi connectivity index (χ3v) is 8.69. The third kappa shape index (κ3) is 16.0. The van der Waals surface area contributed by atoms with Crippen molar-refractivity contribution in [3.8, 4) is 11.1 Å². The fraction of sp³-hybridized carbons (Fsp3) is 0.500. The number of aliphatic hydroxyl groups excluding tert-OH is 1. The van der Waals surface area contributed by atoms with Crippen LogP contribution in [0.2, 0.25) is 0 Å². The number of benzene rings is 3. The number of methoxy groups -OCH3 is 1. The Bertz CT molecular complexity index is 1350. The maximum absolute atomic E-state index is 12.5. The minimum atomic E-state index is -1.05. The van der Waals surface area contributed by atoms with Gasteiger partial charge >= 0.3 is 6.09 Å². The highest BCUT2D eigenvalue weighted by Gasteiger charge is 2.17. The van der Waals surface area contributed by atoms with Gasteiger partial charge in [-0.2, -0.15) is 0 Å². The van der Waals surface area contributed by atoms with Gasteiger partial charge in [0, 0.05) is 25.8 Å². The van der Waals surface area contributed by atoms with E-state index in [1.54, 1.807) is 17.0 Å². The van der Waals surface area contributed by atoms with Crippen molar-refractivity contribution in [2.45, 2.75) is 77.4 Å². The first kappa shape index (κ1) is 39.7. The van der Waals surface area contributed by atoms with Crippen LogP contribution in [0.25, 0.3) is 11.1 Å². The minimum absolute atomic E-state index is 0.00534. The van der Waals surface area contributed by atoms with Crippen LogP contribution in [0.3, 0.4) is 0 Å². The van der Waals surface area contributed by atoms with Crippen molar-refractivity contribution in [3.05, 3.63) is 90.0 Å². The average molecular weight is 676 g/mol.